The first kappa shape index (κ1) is 23.8. The number of urea groups is 1. The zero-order chi connectivity index (χ0) is 25.2. The molecule has 182 valence electrons. The third-order valence-corrected chi connectivity index (χ3v) is 4.51. The van der Waals surface area contributed by atoms with Crippen molar-refractivity contribution in [2.45, 2.75) is 12.4 Å². The summed E-state index contributed by atoms with van der Waals surface area (Å²) in [4.78, 5) is 27.7. The van der Waals surface area contributed by atoms with E-state index in [1.807, 2.05) is 0 Å². The summed E-state index contributed by atoms with van der Waals surface area (Å²) in [5.41, 5.74) is -0.553. The Hall–Kier alpha value is -4.39. The summed E-state index contributed by atoms with van der Waals surface area (Å²) in [5, 5.41) is 4.79. The van der Waals surface area contributed by atoms with Crippen molar-refractivity contribution in [1.82, 2.24) is 4.98 Å². The molecule has 0 saturated heterocycles. The largest absolute Gasteiger partial charge is 0.540 e. The number of hydrogen-bond acceptors (Lipinski definition) is 7. The van der Waals surface area contributed by atoms with Gasteiger partial charge in [0.1, 0.15) is 17.2 Å². The second kappa shape index (κ2) is 9.10. The second-order valence-electron chi connectivity index (χ2n) is 7.00. The molecule has 2 aromatic carbocycles. The summed E-state index contributed by atoms with van der Waals surface area (Å²) in [6, 6.07) is 9.43. The molecule has 3 aromatic rings. The van der Waals surface area contributed by atoms with Gasteiger partial charge in [-0.05, 0) is 48.5 Å². The number of rotatable bonds is 5. The minimum Gasteiger partial charge on any atom is -0.465 e. The van der Waals surface area contributed by atoms with Gasteiger partial charge in [-0.15, -0.1) is 8.78 Å². The molecule has 1 aliphatic heterocycles. The lowest BCUT2D eigenvalue weighted by Gasteiger charge is -2.30. The lowest BCUT2D eigenvalue weighted by Crippen LogP contribution is -2.41. The Morgan fingerprint density at radius 2 is 1.60 bits per heavy atom. The van der Waals surface area contributed by atoms with Crippen LogP contribution >= 0.6 is 0 Å². The summed E-state index contributed by atoms with van der Waals surface area (Å²) in [6.07, 6.45) is -6.10. The van der Waals surface area contributed by atoms with E-state index in [1.165, 1.54) is 49.8 Å². The number of benzene rings is 2. The number of aromatic nitrogens is 1. The molecule has 4 rings (SSSR count). The van der Waals surface area contributed by atoms with Gasteiger partial charge in [-0.1, -0.05) is 0 Å². The Bertz CT molecular complexity index is 1270. The first-order valence-corrected chi connectivity index (χ1v) is 9.73. The van der Waals surface area contributed by atoms with E-state index in [0.717, 1.165) is 18.2 Å². The van der Waals surface area contributed by atoms with Gasteiger partial charge in [0, 0.05) is 17.6 Å². The first-order valence-electron chi connectivity index (χ1n) is 9.73. The molecule has 2 heterocycles. The second-order valence-corrected chi connectivity index (χ2v) is 7.00. The van der Waals surface area contributed by atoms with Crippen LogP contribution in [0, 0.1) is 0 Å². The first-order chi connectivity index (χ1) is 16.5. The van der Waals surface area contributed by atoms with Gasteiger partial charge in [0.15, 0.2) is 0 Å². The Labute approximate surface area is 194 Å². The van der Waals surface area contributed by atoms with Crippen molar-refractivity contribution >= 4 is 23.4 Å². The number of ether oxygens (including phenoxy) is 4. The highest BCUT2D eigenvalue weighted by Crippen LogP contribution is 2.46. The van der Waals surface area contributed by atoms with Crippen molar-refractivity contribution in [3.63, 3.8) is 0 Å². The molecule has 13 heteroatoms. The zero-order valence-corrected chi connectivity index (χ0v) is 17.7. The van der Waals surface area contributed by atoms with Gasteiger partial charge in [0.25, 0.3) is 0 Å². The van der Waals surface area contributed by atoms with Crippen LogP contribution in [0.4, 0.5) is 33.7 Å². The number of fused-ring (bicyclic) bond motifs is 1. The fraction of sp³-hybridized carbons (Fsp3) is 0.136. The van der Waals surface area contributed by atoms with Gasteiger partial charge in [0.05, 0.1) is 24.4 Å². The van der Waals surface area contributed by atoms with Crippen LogP contribution in [0.1, 0.15) is 15.9 Å². The molecule has 0 radical (unpaired) electrons. The Kier molecular flexibility index (Phi) is 6.18. The van der Waals surface area contributed by atoms with E-state index in [-0.39, 0.29) is 17.0 Å². The van der Waals surface area contributed by atoms with Crippen molar-refractivity contribution in [1.29, 1.82) is 0 Å². The third kappa shape index (κ3) is 5.58. The van der Waals surface area contributed by atoms with Crippen molar-refractivity contribution < 1.29 is 46.1 Å². The number of anilines is 2. The highest BCUT2D eigenvalue weighted by molar-refractivity contribution is 5.99. The monoisotopic (exact) mass is 493 g/mol. The Morgan fingerprint density at radius 1 is 0.914 bits per heavy atom. The number of halogens is 4. The fourth-order valence-corrected chi connectivity index (χ4v) is 3.02. The number of pyridine rings is 1. The Morgan fingerprint density at radius 3 is 2.31 bits per heavy atom. The maximum absolute atomic E-state index is 13.9. The number of carbonyl (C=O) groups excluding carboxylic acids is 2. The van der Waals surface area contributed by atoms with E-state index in [2.05, 4.69) is 29.8 Å². The van der Waals surface area contributed by atoms with E-state index < -0.39 is 35.7 Å². The Balaban J connectivity index is 1.39. The predicted octanol–water partition coefficient (Wildman–Crippen LogP) is 5.31. The van der Waals surface area contributed by atoms with Crippen LogP contribution in [-0.2, 0) is 15.6 Å². The normalized spacial score (nSPS) is 15.2. The highest BCUT2D eigenvalue weighted by Gasteiger charge is 2.54. The smallest absolute Gasteiger partial charge is 0.465 e. The van der Waals surface area contributed by atoms with Gasteiger partial charge in [-0.25, -0.2) is 14.3 Å². The molecule has 0 fully saturated rings. The SMILES string of the molecule is COC(=O)c1cncc(Oc2ccc(NC(=O)Nc3ccc4c(c3)C(F)(F)OC(F)(F)O4)cc2)c1. The van der Waals surface area contributed by atoms with Crippen LogP contribution in [0.3, 0.4) is 0 Å². The lowest BCUT2D eigenvalue weighted by molar-refractivity contribution is -0.461. The van der Waals surface area contributed by atoms with Gasteiger partial charge in [0.2, 0.25) is 0 Å². The van der Waals surface area contributed by atoms with Crippen molar-refractivity contribution in [3.8, 4) is 17.2 Å². The number of nitrogens with zero attached hydrogens (tertiary/aromatic N) is 1. The number of amides is 2. The molecule has 1 aliphatic rings. The molecule has 9 nitrogen and oxygen atoms in total. The van der Waals surface area contributed by atoms with Crippen LogP contribution in [0.2, 0.25) is 0 Å². The van der Waals surface area contributed by atoms with Gasteiger partial charge in [-0.2, -0.15) is 8.78 Å². The quantitative estimate of drug-likeness (QED) is 0.366. The average molecular weight is 493 g/mol. The van der Waals surface area contributed by atoms with Gasteiger partial charge < -0.3 is 24.8 Å². The number of nitrogens with one attached hydrogen (secondary N) is 2. The zero-order valence-electron chi connectivity index (χ0n) is 17.7. The van der Waals surface area contributed by atoms with Crippen molar-refractivity contribution in [2.24, 2.45) is 0 Å². The minimum atomic E-state index is -4.49. The number of methoxy groups -OCH3 is 1. The highest BCUT2D eigenvalue weighted by atomic mass is 19.3. The number of esters is 1. The lowest BCUT2D eigenvalue weighted by atomic mass is 10.1. The topological polar surface area (TPSA) is 108 Å². The van der Waals surface area contributed by atoms with Crippen LogP contribution in [0.15, 0.2) is 60.9 Å². The molecule has 0 bridgehead atoms. The molecule has 0 saturated carbocycles. The van der Waals surface area contributed by atoms with Crippen molar-refractivity contribution in [3.05, 3.63) is 72.1 Å². The van der Waals surface area contributed by atoms with Crippen LogP contribution < -0.4 is 20.1 Å². The molecule has 0 spiro atoms. The fourth-order valence-electron chi connectivity index (χ4n) is 3.02. The summed E-state index contributed by atoms with van der Waals surface area (Å²) in [7, 11) is 1.24. The van der Waals surface area contributed by atoms with E-state index in [1.54, 1.807) is 0 Å². The molecular weight excluding hydrogens is 478 g/mol. The van der Waals surface area contributed by atoms with E-state index in [4.69, 9.17) is 4.74 Å². The average Bonchev–Trinajstić information content (AvgIpc) is 2.79. The summed E-state index contributed by atoms with van der Waals surface area (Å²) in [6.45, 7) is 0. The predicted molar refractivity (Wildman–Crippen MR) is 112 cm³/mol. The molecule has 0 aliphatic carbocycles. The summed E-state index contributed by atoms with van der Waals surface area (Å²) < 4.78 is 71.7. The number of alkyl halides is 4. The molecule has 0 unspecified atom stereocenters. The molecule has 2 amide bonds. The number of carbonyl (C=O) groups is 2. The van der Waals surface area contributed by atoms with E-state index >= 15 is 0 Å². The molecule has 2 N–H and O–H groups in total. The minimum absolute atomic E-state index is 0.115. The van der Waals surface area contributed by atoms with Crippen LogP contribution in [0.25, 0.3) is 0 Å². The molecule has 0 atom stereocenters. The molecule has 35 heavy (non-hydrogen) atoms. The van der Waals surface area contributed by atoms with Gasteiger partial charge in [-0.3, -0.25) is 4.98 Å². The van der Waals surface area contributed by atoms with Crippen LogP contribution in [0.5, 0.6) is 17.2 Å². The molecule has 1 aromatic heterocycles. The summed E-state index contributed by atoms with van der Waals surface area (Å²) >= 11 is 0. The van der Waals surface area contributed by atoms with E-state index in [9.17, 15) is 27.2 Å². The maximum Gasteiger partial charge on any atom is 0.540 e. The van der Waals surface area contributed by atoms with Crippen molar-refractivity contribution in [2.75, 3.05) is 17.7 Å². The van der Waals surface area contributed by atoms with E-state index in [0.29, 0.717) is 11.4 Å². The van der Waals surface area contributed by atoms with Crippen LogP contribution in [-0.4, -0.2) is 30.4 Å². The third-order valence-electron chi connectivity index (χ3n) is 4.51. The summed E-state index contributed by atoms with van der Waals surface area (Å²) in [5.74, 6) is -0.705. The van der Waals surface area contributed by atoms with Gasteiger partial charge >= 0.3 is 24.4 Å². The number of hydrogen-bond donors (Lipinski definition) is 2. The maximum atomic E-state index is 13.9. The molecular formula is C22H15F4N3O6. The standard InChI is InChI=1S/C22H15F4N3O6/c1-32-19(30)12-8-16(11-27-10-12)33-15-5-2-13(3-6-15)28-20(31)29-14-4-7-18-17(9-14)21(23,24)35-22(25,26)34-18/h2-11H,1H3,(H2,28,29,31).